The Balaban J connectivity index is 1.76. The molecule has 82 valence electrons. The van der Waals surface area contributed by atoms with E-state index in [-0.39, 0.29) is 0 Å². The third kappa shape index (κ3) is 0.996. The van der Waals surface area contributed by atoms with Crippen LogP contribution in [0.3, 0.4) is 0 Å². The van der Waals surface area contributed by atoms with Crippen LogP contribution in [-0.4, -0.2) is 0 Å². The maximum absolute atomic E-state index is 6.47. The molecule has 5 aliphatic carbocycles. The van der Waals surface area contributed by atoms with E-state index >= 15 is 0 Å². The first-order chi connectivity index (χ1) is 7.34. The van der Waals surface area contributed by atoms with Gasteiger partial charge in [-0.2, -0.15) is 0 Å². The second-order valence-electron chi connectivity index (χ2n) is 6.32. The first kappa shape index (κ1) is 8.66. The first-order valence-electron chi connectivity index (χ1n) is 6.83. The summed E-state index contributed by atoms with van der Waals surface area (Å²) in [5.41, 5.74) is 9.54. The van der Waals surface area contributed by atoms with Gasteiger partial charge in [0.05, 0.1) is 0 Å². The van der Waals surface area contributed by atoms with Gasteiger partial charge in [-0.25, -0.2) is 0 Å². The summed E-state index contributed by atoms with van der Waals surface area (Å²) in [6.45, 7) is 0. The van der Waals surface area contributed by atoms with E-state index in [9.17, 15) is 0 Å². The highest BCUT2D eigenvalue weighted by atomic mass is 14.7. The predicted molar refractivity (Wildman–Crippen MR) is 61.0 cm³/mol. The minimum absolute atomic E-state index is 0.818. The SMILES string of the molecule is NC1=C2CCCCC2CC2C3CC1C2C3. The normalized spacial score (nSPS) is 52.1. The highest BCUT2D eigenvalue weighted by Crippen LogP contribution is 2.63. The first-order valence-corrected chi connectivity index (χ1v) is 6.83. The molecule has 0 amide bonds. The molecular formula is C14H21N. The van der Waals surface area contributed by atoms with Gasteiger partial charge in [-0.05, 0) is 67.8 Å². The van der Waals surface area contributed by atoms with Crippen LogP contribution in [0, 0.1) is 29.6 Å². The predicted octanol–water partition coefficient (Wildman–Crippen LogP) is 3.07. The molecule has 0 aromatic rings. The van der Waals surface area contributed by atoms with E-state index in [1.807, 2.05) is 0 Å². The zero-order valence-corrected chi connectivity index (χ0v) is 9.41. The van der Waals surface area contributed by atoms with Crippen LogP contribution < -0.4 is 5.73 Å². The summed E-state index contributed by atoms with van der Waals surface area (Å²) >= 11 is 0. The van der Waals surface area contributed by atoms with E-state index in [0.717, 1.165) is 29.6 Å². The zero-order chi connectivity index (χ0) is 9.99. The molecule has 5 atom stereocenters. The number of hydrogen-bond donors (Lipinski definition) is 1. The molecule has 2 N–H and O–H groups in total. The van der Waals surface area contributed by atoms with E-state index in [4.69, 9.17) is 5.73 Å². The fourth-order valence-electron chi connectivity index (χ4n) is 5.10. The number of allylic oxidation sites excluding steroid dienone is 2. The summed E-state index contributed by atoms with van der Waals surface area (Å²) in [5, 5.41) is 0. The summed E-state index contributed by atoms with van der Waals surface area (Å²) in [5.74, 6) is 4.88. The molecule has 0 heterocycles. The largest absolute Gasteiger partial charge is 0.402 e. The summed E-state index contributed by atoms with van der Waals surface area (Å²) in [4.78, 5) is 0. The molecule has 0 aliphatic heterocycles. The molecule has 0 aromatic carbocycles. The molecule has 0 aromatic heterocycles. The molecule has 1 nitrogen and oxygen atoms in total. The van der Waals surface area contributed by atoms with Gasteiger partial charge >= 0.3 is 0 Å². The van der Waals surface area contributed by atoms with Crippen LogP contribution in [-0.2, 0) is 0 Å². The third-order valence-electron chi connectivity index (χ3n) is 5.87. The maximum Gasteiger partial charge on any atom is 0.0110 e. The summed E-state index contributed by atoms with van der Waals surface area (Å²) in [7, 11) is 0. The van der Waals surface area contributed by atoms with Gasteiger partial charge in [0, 0.05) is 11.6 Å². The molecule has 4 bridgehead atoms. The highest BCUT2D eigenvalue weighted by molar-refractivity contribution is 5.27. The average molecular weight is 203 g/mol. The quantitative estimate of drug-likeness (QED) is 0.643. The maximum atomic E-state index is 6.47. The minimum Gasteiger partial charge on any atom is -0.402 e. The van der Waals surface area contributed by atoms with Gasteiger partial charge in [-0.1, -0.05) is 6.42 Å². The Morgan fingerprint density at radius 1 is 1.00 bits per heavy atom. The van der Waals surface area contributed by atoms with Crippen molar-refractivity contribution in [2.45, 2.75) is 44.9 Å². The van der Waals surface area contributed by atoms with E-state index in [1.54, 1.807) is 5.57 Å². The fraction of sp³-hybridized carbons (Fsp3) is 0.857. The second-order valence-corrected chi connectivity index (χ2v) is 6.32. The van der Waals surface area contributed by atoms with Crippen molar-refractivity contribution in [3.05, 3.63) is 11.3 Å². The van der Waals surface area contributed by atoms with Crippen molar-refractivity contribution in [1.29, 1.82) is 0 Å². The average Bonchev–Trinajstić information content (AvgIpc) is 2.80. The molecule has 1 heteroatoms. The number of rotatable bonds is 0. The Kier molecular flexibility index (Phi) is 1.62. The summed E-state index contributed by atoms with van der Waals surface area (Å²) in [6, 6.07) is 0. The third-order valence-corrected chi connectivity index (χ3v) is 5.87. The monoisotopic (exact) mass is 203 g/mol. The number of nitrogens with two attached hydrogens (primary N) is 1. The zero-order valence-electron chi connectivity index (χ0n) is 9.41. The lowest BCUT2D eigenvalue weighted by Gasteiger charge is -2.38. The molecule has 15 heavy (non-hydrogen) atoms. The minimum atomic E-state index is 0.818. The van der Waals surface area contributed by atoms with Crippen molar-refractivity contribution >= 4 is 0 Å². The van der Waals surface area contributed by atoms with Crippen LogP contribution >= 0.6 is 0 Å². The number of hydrogen-bond acceptors (Lipinski definition) is 1. The van der Waals surface area contributed by atoms with Crippen molar-refractivity contribution in [3.8, 4) is 0 Å². The van der Waals surface area contributed by atoms with E-state index in [2.05, 4.69) is 0 Å². The molecule has 4 fully saturated rings. The van der Waals surface area contributed by atoms with Crippen molar-refractivity contribution < 1.29 is 0 Å². The molecule has 0 radical (unpaired) electrons. The Labute approximate surface area is 92.1 Å². The lowest BCUT2D eigenvalue weighted by atomic mass is 9.67. The smallest absolute Gasteiger partial charge is 0.0110 e. The Bertz CT molecular complexity index is 330. The van der Waals surface area contributed by atoms with Crippen molar-refractivity contribution in [2.24, 2.45) is 35.3 Å². The Morgan fingerprint density at radius 3 is 2.87 bits per heavy atom. The van der Waals surface area contributed by atoms with Gasteiger partial charge in [0.15, 0.2) is 0 Å². The van der Waals surface area contributed by atoms with Crippen LogP contribution in [0.5, 0.6) is 0 Å². The molecule has 5 unspecified atom stereocenters. The van der Waals surface area contributed by atoms with Gasteiger partial charge in [-0.3, -0.25) is 0 Å². The van der Waals surface area contributed by atoms with Crippen molar-refractivity contribution in [1.82, 2.24) is 0 Å². The van der Waals surface area contributed by atoms with Crippen molar-refractivity contribution in [2.75, 3.05) is 0 Å². The molecule has 4 saturated carbocycles. The van der Waals surface area contributed by atoms with Gasteiger partial charge in [-0.15, -0.1) is 0 Å². The van der Waals surface area contributed by atoms with Gasteiger partial charge in [0.1, 0.15) is 0 Å². The Hall–Kier alpha value is -0.460. The van der Waals surface area contributed by atoms with Crippen molar-refractivity contribution in [3.63, 3.8) is 0 Å². The Morgan fingerprint density at radius 2 is 1.93 bits per heavy atom. The van der Waals surface area contributed by atoms with Gasteiger partial charge in [0.2, 0.25) is 0 Å². The van der Waals surface area contributed by atoms with E-state index in [1.165, 1.54) is 50.6 Å². The lowest BCUT2D eigenvalue weighted by molar-refractivity contribution is 0.120. The molecule has 5 rings (SSSR count). The molecule has 0 spiro atoms. The topological polar surface area (TPSA) is 26.0 Å². The van der Waals surface area contributed by atoms with E-state index in [0.29, 0.717) is 0 Å². The van der Waals surface area contributed by atoms with Crippen LogP contribution in [0.4, 0.5) is 0 Å². The van der Waals surface area contributed by atoms with Crippen LogP contribution in [0.25, 0.3) is 0 Å². The van der Waals surface area contributed by atoms with Gasteiger partial charge in [0.25, 0.3) is 0 Å². The van der Waals surface area contributed by atoms with Crippen LogP contribution in [0.1, 0.15) is 44.9 Å². The van der Waals surface area contributed by atoms with Gasteiger partial charge < -0.3 is 5.73 Å². The van der Waals surface area contributed by atoms with E-state index < -0.39 is 0 Å². The second kappa shape index (κ2) is 2.81. The highest BCUT2D eigenvalue weighted by Gasteiger charge is 2.55. The lowest BCUT2D eigenvalue weighted by Crippen LogP contribution is -2.30. The molecule has 5 aliphatic rings. The number of fused-ring (bicyclic) bond motifs is 1. The summed E-state index contributed by atoms with van der Waals surface area (Å²) in [6.07, 6.45) is 10.1. The fourth-order valence-corrected chi connectivity index (χ4v) is 5.10. The van der Waals surface area contributed by atoms with Crippen LogP contribution in [0.15, 0.2) is 11.3 Å². The molecule has 0 saturated heterocycles. The standard InChI is InChI=1S/C14H21N/c15-14-10-4-2-1-3-8(10)5-11-9-6-12(11)13(14)7-9/h8-9,11-13H,1-7,15H2. The van der Waals surface area contributed by atoms with Crippen LogP contribution in [0.2, 0.25) is 0 Å². The molecular weight excluding hydrogens is 182 g/mol. The summed E-state index contributed by atoms with van der Waals surface area (Å²) < 4.78 is 0.